The fourth-order valence-electron chi connectivity index (χ4n) is 4.83. The third kappa shape index (κ3) is 1.97. The molecule has 0 bridgehead atoms. The minimum atomic E-state index is -0.197. The van der Waals surface area contributed by atoms with Crippen molar-refractivity contribution < 1.29 is 4.42 Å². The van der Waals surface area contributed by atoms with Gasteiger partial charge in [-0.15, -0.1) is 0 Å². The molecule has 1 heterocycles. The Morgan fingerprint density at radius 2 is 1.36 bits per heavy atom. The largest absolute Gasteiger partial charge is 0.456 e. The van der Waals surface area contributed by atoms with Gasteiger partial charge in [-0.1, -0.05) is 66.2 Å². The summed E-state index contributed by atoms with van der Waals surface area (Å²) in [6.45, 7) is 2.33. The van der Waals surface area contributed by atoms with Crippen LogP contribution in [0, 0.1) is 0 Å². The summed E-state index contributed by atoms with van der Waals surface area (Å²) < 4.78 is 6.04. The lowest BCUT2D eigenvalue weighted by molar-refractivity contribution is 0.667. The van der Waals surface area contributed by atoms with Gasteiger partial charge in [0.15, 0.2) is 0 Å². The first kappa shape index (κ1) is 16.0. The molecule has 0 saturated carbocycles. The van der Waals surface area contributed by atoms with Crippen LogP contribution in [-0.4, -0.2) is 0 Å². The summed E-state index contributed by atoms with van der Waals surface area (Å²) in [5.41, 5.74) is 8.15. The first-order valence-corrected chi connectivity index (χ1v) is 9.86. The van der Waals surface area contributed by atoms with E-state index in [4.69, 9.17) is 16.0 Å². The minimum Gasteiger partial charge on any atom is -0.456 e. The number of fused-ring (bicyclic) bond motifs is 6. The average Bonchev–Trinajstić information content (AvgIpc) is 3.21. The lowest BCUT2D eigenvalue weighted by atomic mass is 9.74. The van der Waals surface area contributed by atoms with Crippen molar-refractivity contribution in [3.63, 3.8) is 0 Å². The standard InChI is InChI=1S/C26H17ClO/c1-26(22-8-4-2-6-18(22)19-7-3-5-9-23(19)26)16-10-13-24-21(14-16)20-12-11-17(27)15-25(20)28-24/h2-15H,1H3. The van der Waals surface area contributed by atoms with Crippen molar-refractivity contribution in [2.75, 3.05) is 0 Å². The van der Waals surface area contributed by atoms with E-state index in [0.29, 0.717) is 5.02 Å². The van der Waals surface area contributed by atoms with Gasteiger partial charge in [-0.05, 0) is 59.0 Å². The normalized spacial score (nSPS) is 14.4. The number of benzene rings is 4. The van der Waals surface area contributed by atoms with Crippen LogP contribution in [0.4, 0.5) is 0 Å². The van der Waals surface area contributed by atoms with Crippen molar-refractivity contribution in [2.45, 2.75) is 12.3 Å². The highest BCUT2D eigenvalue weighted by Crippen LogP contribution is 2.52. The lowest BCUT2D eigenvalue weighted by Crippen LogP contribution is -2.22. The van der Waals surface area contributed by atoms with Crippen molar-refractivity contribution >= 4 is 33.5 Å². The van der Waals surface area contributed by atoms with Crippen LogP contribution < -0.4 is 0 Å². The van der Waals surface area contributed by atoms with Crippen LogP contribution in [0.25, 0.3) is 33.1 Å². The fraction of sp³-hybridized carbons (Fsp3) is 0.0769. The number of hydrogen-bond donors (Lipinski definition) is 0. The second-order valence-corrected chi connectivity index (χ2v) is 8.11. The molecule has 0 N–H and O–H groups in total. The molecule has 0 unspecified atom stereocenters. The van der Waals surface area contributed by atoms with Crippen LogP contribution in [0.2, 0.25) is 5.02 Å². The molecule has 2 heteroatoms. The van der Waals surface area contributed by atoms with E-state index in [9.17, 15) is 0 Å². The molecule has 0 radical (unpaired) electrons. The van der Waals surface area contributed by atoms with Crippen LogP contribution in [0.3, 0.4) is 0 Å². The Morgan fingerprint density at radius 1 is 0.679 bits per heavy atom. The molecule has 134 valence electrons. The maximum atomic E-state index is 6.16. The maximum absolute atomic E-state index is 6.16. The molecule has 0 fully saturated rings. The first-order valence-electron chi connectivity index (χ1n) is 9.48. The highest BCUT2D eigenvalue weighted by molar-refractivity contribution is 6.31. The molecular formula is C26H17ClO. The summed E-state index contributed by atoms with van der Waals surface area (Å²) >= 11 is 6.16. The van der Waals surface area contributed by atoms with E-state index in [1.807, 2.05) is 18.2 Å². The molecule has 0 spiro atoms. The number of rotatable bonds is 1. The Hall–Kier alpha value is -3.03. The second-order valence-electron chi connectivity index (χ2n) is 7.67. The van der Waals surface area contributed by atoms with Gasteiger partial charge in [0.25, 0.3) is 0 Å². The van der Waals surface area contributed by atoms with Gasteiger partial charge >= 0.3 is 0 Å². The Balaban J connectivity index is 1.67. The van der Waals surface area contributed by atoms with Crippen LogP contribution in [0.1, 0.15) is 23.6 Å². The summed E-state index contributed by atoms with van der Waals surface area (Å²) in [7, 11) is 0. The third-order valence-electron chi connectivity index (χ3n) is 6.23. The average molecular weight is 381 g/mol. The molecular weight excluding hydrogens is 364 g/mol. The monoisotopic (exact) mass is 380 g/mol. The number of hydrogen-bond acceptors (Lipinski definition) is 1. The Kier molecular flexibility index (Phi) is 3.14. The van der Waals surface area contributed by atoms with Crippen molar-refractivity contribution in [3.05, 3.63) is 107 Å². The van der Waals surface area contributed by atoms with E-state index in [1.165, 1.54) is 27.8 Å². The minimum absolute atomic E-state index is 0.197. The van der Waals surface area contributed by atoms with Gasteiger partial charge in [0, 0.05) is 27.3 Å². The van der Waals surface area contributed by atoms with E-state index in [1.54, 1.807) is 0 Å². The number of halogens is 1. The van der Waals surface area contributed by atoms with Gasteiger partial charge in [-0.3, -0.25) is 0 Å². The van der Waals surface area contributed by atoms with E-state index in [-0.39, 0.29) is 5.41 Å². The Morgan fingerprint density at radius 3 is 2.07 bits per heavy atom. The summed E-state index contributed by atoms with van der Waals surface area (Å²) in [6, 6.07) is 29.9. The van der Waals surface area contributed by atoms with Crippen LogP contribution in [0.15, 0.2) is 89.3 Å². The highest BCUT2D eigenvalue weighted by atomic mass is 35.5. The lowest BCUT2D eigenvalue weighted by Gasteiger charge is -2.28. The van der Waals surface area contributed by atoms with Gasteiger partial charge in [-0.25, -0.2) is 0 Å². The SMILES string of the molecule is CC1(c2ccc3oc4cc(Cl)ccc4c3c2)c2ccccc2-c2ccccc21. The van der Waals surface area contributed by atoms with Gasteiger partial charge in [0.05, 0.1) is 0 Å². The van der Waals surface area contributed by atoms with Crippen molar-refractivity contribution in [1.82, 2.24) is 0 Å². The van der Waals surface area contributed by atoms with Crippen LogP contribution in [0.5, 0.6) is 0 Å². The fourth-order valence-corrected chi connectivity index (χ4v) is 4.99. The van der Waals surface area contributed by atoms with Crippen LogP contribution in [-0.2, 0) is 5.41 Å². The predicted octanol–water partition coefficient (Wildman–Crippen LogP) is 7.57. The van der Waals surface area contributed by atoms with Crippen molar-refractivity contribution in [2.24, 2.45) is 0 Å². The quantitative estimate of drug-likeness (QED) is 0.292. The molecule has 1 nitrogen and oxygen atoms in total. The van der Waals surface area contributed by atoms with Gasteiger partial charge < -0.3 is 4.42 Å². The van der Waals surface area contributed by atoms with Crippen LogP contribution >= 0.6 is 11.6 Å². The molecule has 0 saturated heterocycles. The predicted molar refractivity (Wildman–Crippen MR) is 116 cm³/mol. The summed E-state index contributed by atoms with van der Waals surface area (Å²) in [6.07, 6.45) is 0. The number of furan rings is 1. The van der Waals surface area contributed by atoms with E-state index >= 15 is 0 Å². The van der Waals surface area contributed by atoms with E-state index < -0.39 is 0 Å². The molecule has 5 aromatic rings. The topological polar surface area (TPSA) is 13.1 Å². The summed E-state index contributed by atoms with van der Waals surface area (Å²) in [5.74, 6) is 0. The van der Waals surface area contributed by atoms with Gasteiger partial charge in [-0.2, -0.15) is 0 Å². The zero-order valence-electron chi connectivity index (χ0n) is 15.4. The summed E-state index contributed by atoms with van der Waals surface area (Å²) in [5, 5.41) is 2.93. The zero-order valence-corrected chi connectivity index (χ0v) is 16.1. The molecule has 1 aliphatic carbocycles. The molecule has 4 aromatic carbocycles. The van der Waals surface area contributed by atoms with Gasteiger partial charge in [0.2, 0.25) is 0 Å². The highest BCUT2D eigenvalue weighted by Gasteiger charge is 2.40. The van der Waals surface area contributed by atoms with E-state index in [2.05, 4.69) is 73.7 Å². The third-order valence-corrected chi connectivity index (χ3v) is 6.47. The maximum Gasteiger partial charge on any atom is 0.136 e. The zero-order chi connectivity index (χ0) is 18.9. The first-order chi connectivity index (χ1) is 13.7. The Labute approximate surface area is 168 Å². The second kappa shape index (κ2) is 5.50. The molecule has 1 aliphatic rings. The van der Waals surface area contributed by atoms with Crippen molar-refractivity contribution in [1.29, 1.82) is 0 Å². The molecule has 0 amide bonds. The molecule has 0 atom stereocenters. The smallest absolute Gasteiger partial charge is 0.136 e. The van der Waals surface area contributed by atoms with Gasteiger partial charge in [0.1, 0.15) is 11.2 Å². The molecule has 6 rings (SSSR count). The molecule has 0 aliphatic heterocycles. The van der Waals surface area contributed by atoms with Crippen molar-refractivity contribution in [3.8, 4) is 11.1 Å². The summed E-state index contributed by atoms with van der Waals surface area (Å²) in [4.78, 5) is 0. The van der Waals surface area contributed by atoms with E-state index in [0.717, 1.165) is 21.9 Å². The molecule has 1 aromatic heterocycles. The molecule has 28 heavy (non-hydrogen) atoms. The Bertz CT molecular complexity index is 1350.